The summed E-state index contributed by atoms with van der Waals surface area (Å²) in [6.07, 6.45) is 0.463. The molecular formula is C20H33IN4O3. The van der Waals surface area contributed by atoms with E-state index in [9.17, 15) is 9.90 Å². The molecule has 1 fully saturated rings. The number of hydrogen-bond acceptors (Lipinski definition) is 4. The zero-order valence-electron chi connectivity index (χ0n) is 17.2. The number of likely N-dealkylation sites (tertiary alicyclic amines) is 1. The average Bonchev–Trinajstić information content (AvgIpc) is 3.05. The molecule has 1 saturated heterocycles. The van der Waals surface area contributed by atoms with Crippen molar-refractivity contribution >= 4 is 36.0 Å². The summed E-state index contributed by atoms with van der Waals surface area (Å²) >= 11 is 0. The fraction of sp³-hybridized carbons (Fsp3) is 0.600. The van der Waals surface area contributed by atoms with Gasteiger partial charge in [0.2, 0.25) is 0 Å². The Morgan fingerprint density at radius 3 is 2.61 bits per heavy atom. The molecule has 1 atom stereocenters. The van der Waals surface area contributed by atoms with Gasteiger partial charge in [-0.1, -0.05) is 24.3 Å². The number of aliphatic hydroxyl groups is 1. The zero-order chi connectivity index (χ0) is 19.9. The lowest BCUT2D eigenvalue weighted by atomic mass is 10.1. The first-order chi connectivity index (χ1) is 12.8. The van der Waals surface area contributed by atoms with E-state index in [0.717, 1.165) is 36.6 Å². The third-order valence-electron chi connectivity index (χ3n) is 4.23. The summed E-state index contributed by atoms with van der Waals surface area (Å²) in [5.74, 6) is 0.818. The number of nitrogens with one attached hydrogen (secondary N) is 2. The molecule has 2 rings (SSSR count). The molecule has 1 aromatic carbocycles. The van der Waals surface area contributed by atoms with Gasteiger partial charge in [0.25, 0.3) is 0 Å². The van der Waals surface area contributed by atoms with E-state index in [1.54, 1.807) is 0 Å². The Bertz CT molecular complexity index is 661. The van der Waals surface area contributed by atoms with E-state index in [2.05, 4.69) is 15.5 Å². The van der Waals surface area contributed by atoms with E-state index in [1.807, 2.05) is 52.0 Å². The Balaban J connectivity index is 0.00000392. The number of alkyl carbamates (subject to hydrolysis) is 1. The van der Waals surface area contributed by atoms with Crippen molar-refractivity contribution in [3.63, 3.8) is 0 Å². The summed E-state index contributed by atoms with van der Waals surface area (Å²) in [6.45, 7) is 10.4. The van der Waals surface area contributed by atoms with Crippen molar-refractivity contribution in [2.24, 2.45) is 4.99 Å². The predicted molar refractivity (Wildman–Crippen MR) is 122 cm³/mol. The van der Waals surface area contributed by atoms with Gasteiger partial charge in [-0.05, 0) is 45.2 Å². The van der Waals surface area contributed by atoms with Crippen molar-refractivity contribution in [2.75, 3.05) is 19.6 Å². The van der Waals surface area contributed by atoms with Crippen molar-refractivity contribution in [3.05, 3.63) is 35.4 Å². The van der Waals surface area contributed by atoms with E-state index < -0.39 is 5.60 Å². The molecule has 0 radical (unpaired) electrons. The SMILES string of the molecule is CCNC(=NCc1ccccc1CO)N1CCC(NC(=O)OC(C)(C)C)C1.I. The van der Waals surface area contributed by atoms with Crippen LogP contribution in [0.1, 0.15) is 45.2 Å². The number of guanidine groups is 1. The highest BCUT2D eigenvalue weighted by atomic mass is 127. The molecule has 1 unspecified atom stereocenters. The maximum absolute atomic E-state index is 12.0. The topological polar surface area (TPSA) is 86.2 Å². The molecule has 0 aliphatic carbocycles. The highest BCUT2D eigenvalue weighted by molar-refractivity contribution is 14.0. The zero-order valence-corrected chi connectivity index (χ0v) is 19.5. The monoisotopic (exact) mass is 504 g/mol. The van der Waals surface area contributed by atoms with Gasteiger partial charge in [0.15, 0.2) is 5.96 Å². The van der Waals surface area contributed by atoms with Gasteiger partial charge in [-0.2, -0.15) is 0 Å². The molecular weight excluding hydrogens is 471 g/mol. The van der Waals surface area contributed by atoms with Crippen molar-refractivity contribution < 1.29 is 14.6 Å². The number of amides is 1. The molecule has 0 bridgehead atoms. The van der Waals surface area contributed by atoms with E-state index in [4.69, 9.17) is 9.73 Å². The fourth-order valence-corrected chi connectivity index (χ4v) is 3.00. The van der Waals surface area contributed by atoms with Crippen LogP contribution in [-0.2, 0) is 17.9 Å². The minimum absolute atomic E-state index is 0. The lowest BCUT2D eigenvalue weighted by Gasteiger charge is -2.23. The lowest BCUT2D eigenvalue weighted by Crippen LogP contribution is -2.44. The second-order valence-electron chi connectivity index (χ2n) is 7.67. The number of rotatable bonds is 5. The van der Waals surface area contributed by atoms with Gasteiger partial charge in [0.05, 0.1) is 19.2 Å². The summed E-state index contributed by atoms with van der Waals surface area (Å²) < 4.78 is 5.34. The highest BCUT2D eigenvalue weighted by Crippen LogP contribution is 2.14. The molecule has 28 heavy (non-hydrogen) atoms. The molecule has 3 N–H and O–H groups in total. The number of ether oxygens (including phenoxy) is 1. The second-order valence-corrected chi connectivity index (χ2v) is 7.67. The van der Waals surface area contributed by atoms with E-state index >= 15 is 0 Å². The Labute approximate surface area is 185 Å². The molecule has 0 saturated carbocycles. The molecule has 1 heterocycles. The molecule has 7 nitrogen and oxygen atoms in total. The summed E-state index contributed by atoms with van der Waals surface area (Å²) in [5.41, 5.74) is 1.40. The van der Waals surface area contributed by atoms with Gasteiger partial charge in [0.1, 0.15) is 5.60 Å². The molecule has 1 amide bonds. The maximum Gasteiger partial charge on any atom is 0.407 e. The first-order valence-electron chi connectivity index (χ1n) is 9.52. The van der Waals surface area contributed by atoms with E-state index in [1.165, 1.54) is 0 Å². The Morgan fingerprint density at radius 2 is 2.00 bits per heavy atom. The van der Waals surface area contributed by atoms with Crippen LogP contribution in [0.25, 0.3) is 0 Å². The maximum atomic E-state index is 12.0. The third-order valence-corrected chi connectivity index (χ3v) is 4.23. The van der Waals surface area contributed by atoms with Crippen LogP contribution >= 0.6 is 24.0 Å². The number of aliphatic hydroxyl groups excluding tert-OH is 1. The number of benzene rings is 1. The van der Waals surface area contributed by atoms with Gasteiger partial charge in [-0.3, -0.25) is 0 Å². The van der Waals surface area contributed by atoms with Gasteiger partial charge >= 0.3 is 6.09 Å². The minimum atomic E-state index is -0.501. The van der Waals surface area contributed by atoms with Crippen molar-refractivity contribution in [1.82, 2.24) is 15.5 Å². The van der Waals surface area contributed by atoms with Crippen LogP contribution in [0, 0.1) is 0 Å². The van der Waals surface area contributed by atoms with E-state index in [0.29, 0.717) is 13.1 Å². The van der Waals surface area contributed by atoms with Crippen LogP contribution < -0.4 is 10.6 Å². The summed E-state index contributed by atoms with van der Waals surface area (Å²) in [5, 5.41) is 15.7. The van der Waals surface area contributed by atoms with Crippen LogP contribution in [0.15, 0.2) is 29.3 Å². The molecule has 0 spiro atoms. The first-order valence-corrected chi connectivity index (χ1v) is 9.52. The number of aliphatic imine (C=N–C) groups is 1. The number of carbonyl (C=O) groups is 1. The molecule has 1 aliphatic heterocycles. The summed E-state index contributed by atoms with van der Waals surface area (Å²) in [7, 11) is 0. The van der Waals surface area contributed by atoms with Crippen LogP contribution in [-0.4, -0.2) is 53.3 Å². The molecule has 1 aliphatic rings. The summed E-state index contributed by atoms with van der Waals surface area (Å²) in [6, 6.07) is 7.79. The van der Waals surface area contributed by atoms with Crippen molar-refractivity contribution in [3.8, 4) is 0 Å². The standard InChI is InChI=1S/C20H32N4O3.HI/c1-5-21-18(22-12-15-8-6-7-9-16(15)14-25)24-11-10-17(13-24)23-19(26)27-20(2,3)4;/h6-9,17,25H,5,10-14H2,1-4H3,(H,21,22)(H,23,26);1H. The van der Waals surface area contributed by atoms with Crippen molar-refractivity contribution in [1.29, 1.82) is 0 Å². The van der Waals surface area contributed by atoms with Crippen LogP contribution in [0.3, 0.4) is 0 Å². The predicted octanol–water partition coefficient (Wildman–Crippen LogP) is 2.86. The number of hydrogen-bond donors (Lipinski definition) is 3. The second kappa shape index (κ2) is 11.5. The van der Waals surface area contributed by atoms with Gasteiger partial charge in [0, 0.05) is 19.6 Å². The molecule has 1 aromatic rings. The van der Waals surface area contributed by atoms with Crippen molar-refractivity contribution in [2.45, 2.75) is 58.9 Å². The first kappa shape index (κ1) is 24.5. The number of carbonyl (C=O) groups excluding carboxylic acids is 1. The highest BCUT2D eigenvalue weighted by Gasteiger charge is 2.27. The van der Waals surface area contributed by atoms with Crippen LogP contribution in [0.4, 0.5) is 4.79 Å². The molecule has 158 valence electrons. The average molecular weight is 504 g/mol. The Kier molecular flexibility index (Phi) is 10.0. The number of halogens is 1. The molecule has 8 heteroatoms. The van der Waals surface area contributed by atoms with Crippen LogP contribution in [0.2, 0.25) is 0 Å². The third kappa shape index (κ3) is 7.83. The summed E-state index contributed by atoms with van der Waals surface area (Å²) in [4.78, 5) is 18.8. The minimum Gasteiger partial charge on any atom is -0.444 e. The Hall–Kier alpha value is -1.55. The normalized spacial score (nSPS) is 17.1. The Morgan fingerprint density at radius 1 is 1.32 bits per heavy atom. The fourth-order valence-electron chi connectivity index (χ4n) is 3.00. The largest absolute Gasteiger partial charge is 0.444 e. The van der Waals surface area contributed by atoms with Crippen LogP contribution in [0.5, 0.6) is 0 Å². The smallest absolute Gasteiger partial charge is 0.407 e. The number of nitrogens with zero attached hydrogens (tertiary/aromatic N) is 2. The van der Waals surface area contributed by atoms with Gasteiger partial charge < -0.3 is 25.4 Å². The lowest BCUT2D eigenvalue weighted by molar-refractivity contribution is 0.0507. The quantitative estimate of drug-likeness (QED) is 0.326. The van der Waals surface area contributed by atoms with E-state index in [-0.39, 0.29) is 42.7 Å². The van der Waals surface area contributed by atoms with Gasteiger partial charge in [-0.15, -0.1) is 24.0 Å². The van der Waals surface area contributed by atoms with Gasteiger partial charge in [-0.25, -0.2) is 9.79 Å². The molecule has 0 aromatic heterocycles.